The summed E-state index contributed by atoms with van der Waals surface area (Å²) >= 11 is 0. The number of allylic oxidation sites excluding steroid dienone is 1. The minimum Gasteiger partial charge on any atom is -0.297 e. The summed E-state index contributed by atoms with van der Waals surface area (Å²) in [6, 6.07) is 2.00. The Morgan fingerprint density at radius 1 is 1.52 bits per heavy atom. The molecule has 2 aliphatic rings. The standard InChI is InChI=1S/C16H22F2N2O/c1-4-16-7-11(8-19)14(21)15(2,3)12(16)5-6-20(10-16)9-13(17)18/h7,12-13H,4-6,9-10H2,1-3H3/t12-,16+/m1/s1. The summed E-state index contributed by atoms with van der Waals surface area (Å²) in [6.45, 7) is 6.63. The second-order valence-electron chi connectivity index (χ2n) is 6.77. The zero-order valence-electron chi connectivity index (χ0n) is 12.8. The molecule has 0 saturated carbocycles. The Morgan fingerprint density at radius 3 is 2.71 bits per heavy atom. The van der Waals surface area contributed by atoms with Crippen LogP contribution in [0.4, 0.5) is 8.78 Å². The predicted molar refractivity (Wildman–Crippen MR) is 75.8 cm³/mol. The van der Waals surface area contributed by atoms with E-state index in [0.29, 0.717) is 19.5 Å². The number of carbonyl (C=O) groups is 1. The number of ketones is 1. The van der Waals surface area contributed by atoms with E-state index in [1.807, 2.05) is 26.8 Å². The van der Waals surface area contributed by atoms with Crippen LogP contribution in [-0.4, -0.2) is 36.7 Å². The lowest BCUT2D eigenvalue weighted by Crippen LogP contribution is -2.57. The van der Waals surface area contributed by atoms with E-state index in [4.69, 9.17) is 0 Å². The van der Waals surface area contributed by atoms with Gasteiger partial charge in [0.1, 0.15) is 6.07 Å². The molecule has 0 N–H and O–H groups in total. The summed E-state index contributed by atoms with van der Waals surface area (Å²) < 4.78 is 25.3. The summed E-state index contributed by atoms with van der Waals surface area (Å²) in [5.74, 6) is -0.00472. The van der Waals surface area contributed by atoms with Gasteiger partial charge in [-0.1, -0.05) is 26.8 Å². The summed E-state index contributed by atoms with van der Waals surface area (Å²) in [5.41, 5.74) is -0.764. The second-order valence-corrected chi connectivity index (χ2v) is 6.77. The fourth-order valence-electron chi connectivity index (χ4n) is 4.18. The molecule has 0 aromatic carbocycles. The number of Topliss-reactive ketones (excluding diaryl/α,β-unsaturated/α-hetero) is 1. The van der Waals surface area contributed by atoms with Crippen LogP contribution in [0, 0.1) is 28.1 Å². The zero-order valence-corrected chi connectivity index (χ0v) is 12.8. The number of hydrogen-bond acceptors (Lipinski definition) is 3. The molecule has 1 heterocycles. The molecule has 3 nitrogen and oxygen atoms in total. The minimum atomic E-state index is -2.35. The lowest BCUT2D eigenvalue weighted by atomic mass is 9.53. The lowest BCUT2D eigenvalue weighted by molar-refractivity contribution is -0.133. The Labute approximate surface area is 124 Å². The van der Waals surface area contributed by atoms with Crippen LogP contribution in [0.25, 0.3) is 0 Å². The molecule has 2 atom stereocenters. The fourth-order valence-corrected chi connectivity index (χ4v) is 4.18. The molecule has 0 aromatic rings. The van der Waals surface area contributed by atoms with Crippen molar-refractivity contribution in [3.63, 3.8) is 0 Å². The van der Waals surface area contributed by atoms with E-state index < -0.39 is 11.8 Å². The van der Waals surface area contributed by atoms with E-state index in [2.05, 4.69) is 0 Å². The van der Waals surface area contributed by atoms with Crippen molar-refractivity contribution in [2.24, 2.45) is 16.7 Å². The zero-order chi connectivity index (χ0) is 15.8. The number of hydrogen-bond donors (Lipinski definition) is 0. The molecular formula is C16H22F2N2O. The highest BCUT2D eigenvalue weighted by Gasteiger charge is 2.54. The van der Waals surface area contributed by atoms with E-state index in [1.165, 1.54) is 0 Å². The van der Waals surface area contributed by atoms with Crippen molar-refractivity contribution in [2.45, 2.75) is 40.0 Å². The quantitative estimate of drug-likeness (QED) is 0.804. The molecule has 0 unspecified atom stereocenters. The van der Waals surface area contributed by atoms with Crippen LogP contribution in [0.5, 0.6) is 0 Å². The first-order valence-corrected chi connectivity index (χ1v) is 7.45. The third-order valence-electron chi connectivity index (χ3n) is 5.25. The number of halogens is 2. The van der Waals surface area contributed by atoms with Crippen molar-refractivity contribution >= 4 is 5.78 Å². The molecule has 1 fully saturated rings. The minimum absolute atomic E-state index is 0.105. The molecule has 1 aliphatic heterocycles. The monoisotopic (exact) mass is 296 g/mol. The fraction of sp³-hybridized carbons (Fsp3) is 0.750. The third-order valence-corrected chi connectivity index (χ3v) is 5.25. The van der Waals surface area contributed by atoms with Crippen LogP contribution < -0.4 is 0 Å². The molecule has 0 amide bonds. The molecule has 1 saturated heterocycles. The second kappa shape index (κ2) is 5.49. The van der Waals surface area contributed by atoms with Gasteiger partial charge in [-0.2, -0.15) is 5.26 Å². The maximum atomic E-state index is 12.7. The Bertz CT molecular complexity index is 507. The van der Waals surface area contributed by atoms with Crippen molar-refractivity contribution in [3.8, 4) is 6.07 Å². The van der Waals surface area contributed by atoms with Crippen LogP contribution in [0.2, 0.25) is 0 Å². The van der Waals surface area contributed by atoms with Gasteiger partial charge in [0.25, 0.3) is 6.43 Å². The van der Waals surface area contributed by atoms with Gasteiger partial charge >= 0.3 is 0 Å². The van der Waals surface area contributed by atoms with Crippen molar-refractivity contribution < 1.29 is 13.6 Å². The van der Waals surface area contributed by atoms with Crippen LogP contribution in [-0.2, 0) is 4.79 Å². The van der Waals surface area contributed by atoms with Gasteiger partial charge in [0.05, 0.1) is 12.1 Å². The molecule has 0 radical (unpaired) electrons. The summed E-state index contributed by atoms with van der Waals surface area (Å²) in [6.07, 6.45) is 0.879. The normalized spacial score (nSPS) is 32.5. The number of carbonyl (C=O) groups excluding carboxylic acids is 1. The maximum Gasteiger partial charge on any atom is 0.251 e. The van der Waals surface area contributed by atoms with Crippen molar-refractivity contribution in [2.75, 3.05) is 19.6 Å². The molecule has 5 heteroatoms. The Kier molecular flexibility index (Phi) is 4.21. The highest BCUT2D eigenvalue weighted by molar-refractivity contribution is 6.04. The number of piperidine rings is 1. The highest BCUT2D eigenvalue weighted by atomic mass is 19.3. The molecule has 21 heavy (non-hydrogen) atoms. The molecule has 0 aromatic heterocycles. The van der Waals surface area contributed by atoms with Crippen LogP contribution in [0.1, 0.15) is 33.6 Å². The topological polar surface area (TPSA) is 44.1 Å². The van der Waals surface area contributed by atoms with Crippen molar-refractivity contribution in [1.29, 1.82) is 5.26 Å². The largest absolute Gasteiger partial charge is 0.297 e. The van der Waals surface area contributed by atoms with Gasteiger partial charge in [0.15, 0.2) is 5.78 Å². The van der Waals surface area contributed by atoms with E-state index in [-0.39, 0.29) is 29.2 Å². The Balaban J connectivity index is 2.41. The van der Waals surface area contributed by atoms with Gasteiger partial charge < -0.3 is 0 Å². The third kappa shape index (κ3) is 2.62. The summed E-state index contributed by atoms with van der Waals surface area (Å²) in [5, 5.41) is 9.23. The van der Waals surface area contributed by atoms with Gasteiger partial charge in [-0.15, -0.1) is 0 Å². The first-order chi connectivity index (χ1) is 9.76. The smallest absolute Gasteiger partial charge is 0.251 e. The van der Waals surface area contributed by atoms with Crippen LogP contribution in [0.3, 0.4) is 0 Å². The number of nitrogens with zero attached hydrogens (tertiary/aromatic N) is 2. The molecule has 2 rings (SSSR count). The average molecular weight is 296 g/mol. The number of alkyl halides is 2. The number of likely N-dealkylation sites (tertiary alicyclic amines) is 1. The molecule has 0 bridgehead atoms. The van der Waals surface area contributed by atoms with Gasteiger partial charge in [0.2, 0.25) is 0 Å². The van der Waals surface area contributed by atoms with Gasteiger partial charge in [0, 0.05) is 17.4 Å². The highest BCUT2D eigenvalue weighted by Crippen LogP contribution is 2.53. The molecular weight excluding hydrogens is 274 g/mol. The molecule has 116 valence electrons. The van der Waals surface area contributed by atoms with E-state index in [1.54, 1.807) is 11.0 Å². The number of nitriles is 1. The van der Waals surface area contributed by atoms with Crippen LogP contribution >= 0.6 is 0 Å². The van der Waals surface area contributed by atoms with Crippen molar-refractivity contribution in [1.82, 2.24) is 4.90 Å². The number of fused-ring (bicyclic) bond motifs is 1. The Hall–Kier alpha value is -1.28. The van der Waals surface area contributed by atoms with Gasteiger partial charge in [-0.05, 0) is 25.3 Å². The Morgan fingerprint density at radius 2 is 2.19 bits per heavy atom. The SMILES string of the molecule is CC[C@@]12C=C(C#N)C(=O)C(C)(C)[C@H]1CCN(CC(F)F)C2. The van der Waals surface area contributed by atoms with E-state index in [0.717, 1.165) is 6.42 Å². The number of rotatable bonds is 3. The molecule has 1 aliphatic carbocycles. The average Bonchev–Trinajstić information content (AvgIpc) is 2.42. The maximum absolute atomic E-state index is 12.7. The van der Waals surface area contributed by atoms with E-state index >= 15 is 0 Å². The first-order valence-electron chi connectivity index (χ1n) is 7.45. The van der Waals surface area contributed by atoms with Crippen molar-refractivity contribution in [3.05, 3.63) is 11.6 Å². The summed E-state index contributed by atoms with van der Waals surface area (Å²) in [7, 11) is 0. The lowest BCUT2D eigenvalue weighted by Gasteiger charge is -2.54. The predicted octanol–water partition coefficient (Wildman–Crippen LogP) is 3.03. The van der Waals surface area contributed by atoms with Crippen LogP contribution in [0.15, 0.2) is 11.6 Å². The summed E-state index contributed by atoms with van der Waals surface area (Å²) in [4.78, 5) is 14.2. The van der Waals surface area contributed by atoms with Gasteiger partial charge in [-0.25, -0.2) is 8.78 Å². The van der Waals surface area contributed by atoms with E-state index in [9.17, 15) is 18.8 Å². The van der Waals surface area contributed by atoms with Gasteiger partial charge in [-0.3, -0.25) is 9.69 Å². The molecule has 0 spiro atoms. The first kappa shape index (κ1) is 16.1.